The third kappa shape index (κ3) is 4.86. The molecule has 110 valence electrons. The molecule has 0 saturated heterocycles. The van der Waals surface area contributed by atoms with Crippen molar-refractivity contribution in [3.63, 3.8) is 0 Å². The van der Waals surface area contributed by atoms with Crippen molar-refractivity contribution in [1.82, 2.24) is 5.32 Å². The number of carboxylic acids is 1. The van der Waals surface area contributed by atoms with Gasteiger partial charge in [0.2, 0.25) is 0 Å². The minimum Gasteiger partial charge on any atom is -0.497 e. The van der Waals surface area contributed by atoms with E-state index in [-0.39, 0.29) is 5.56 Å². The second kappa shape index (κ2) is 6.35. The average molecular weight is 303 g/mol. The fraction of sp³-hybridized carbons (Fsp3) is 0.273. The van der Waals surface area contributed by atoms with Gasteiger partial charge < -0.3 is 15.2 Å². The molecule has 1 amide bonds. The van der Waals surface area contributed by atoms with Crippen molar-refractivity contribution >= 4 is 22.0 Å². The minimum absolute atomic E-state index is 0.103. The lowest BCUT2D eigenvalue weighted by molar-refractivity contribution is -0.138. The average Bonchev–Trinajstić information content (AvgIpc) is 2.36. The van der Waals surface area contributed by atoms with Crippen LogP contribution in [0.4, 0.5) is 0 Å². The first-order chi connectivity index (χ1) is 9.23. The highest BCUT2D eigenvalue weighted by atomic mass is 32.2. The Kier molecular flexibility index (Phi) is 5.06. The van der Waals surface area contributed by atoms with Crippen molar-refractivity contribution in [2.45, 2.75) is 6.04 Å². The van der Waals surface area contributed by atoms with Gasteiger partial charge in [-0.3, -0.25) is 9.35 Å². The summed E-state index contributed by atoms with van der Waals surface area (Å²) in [4.78, 5) is 22.7. The molecule has 0 bridgehead atoms. The van der Waals surface area contributed by atoms with Crippen LogP contribution < -0.4 is 10.1 Å². The SMILES string of the molecule is COc1cccc(C(=O)N[C@@H](CS(=O)(=O)O)C(=O)O)c1. The Bertz CT molecular complexity index is 611. The summed E-state index contributed by atoms with van der Waals surface area (Å²) in [7, 11) is -3.13. The Hall–Kier alpha value is -2.13. The maximum Gasteiger partial charge on any atom is 0.327 e. The summed E-state index contributed by atoms with van der Waals surface area (Å²) in [6, 6.07) is 4.13. The summed E-state index contributed by atoms with van der Waals surface area (Å²) in [6.07, 6.45) is 0. The number of aliphatic carboxylic acids is 1. The zero-order chi connectivity index (χ0) is 15.3. The van der Waals surface area contributed by atoms with E-state index >= 15 is 0 Å². The number of methoxy groups -OCH3 is 1. The van der Waals surface area contributed by atoms with Gasteiger partial charge in [-0.1, -0.05) is 6.07 Å². The van der Waals surface area contributed by atoms with Crippen molar-refractivity contribution in [2.24, 2.45) is 0 Å². The second-order valence-electron chi connectivity index (χ2n) is 3.84. The van der Waals surface area contributed by atoms with Crippen LogP contribution in [0.1, 0.15) is 10.4 Å². The van der Waals surface area contributed by atoms with Crippen LogP contribution in [0.15, 0.2) is 24.3 Å². The lowest BCUT2D eigenvalue weighted by Crippen LogP contribution is -2.45. The smallest absolute Gasteiger partial charge is 0.327 e. The molecular weight excluding hydrogens is 290 g/mol. The molecule has 1 rings (SSSR count). The summed E-state index contributed by atoms with van der Waals surface area (Å²) < 4.78 is 34.9. The first-order valence-corrected chi connectivity index (χ1v) is 6.96. The van der Waals surface area contributed by atoms with E-state index in [0.29, 0.717) is 5.75 Å². The van der Waals surface area contributed by atoms with Gasteiger partial charge in [0.1, 0.15) is 17.5 Å². The number of carbonyl (C=O) groups is 2. The fourth-order valence-corrected chi connectivity index (χ4v) is 2.04. The normalized spacial score (nSPS) is 12.5. The molecule has 0 aliphatic carbocycles. The van der Waals surface area contributed by atoms with Crippen molar-refractivity contribution in [1.29, 1.82) is 0 Å². The monoisotopic (exact) mass is 303 g/mol. The minimum atomic E-state index is -4.53. The topological polar surface area (TPSA) is 130 Å². The second-order valence-corrected chi connectivity index (χ2v) is 5.34. The van der Waals surface area contributed by atoms with Gasteiger partial charge in [-0.05, 0) is 18.2 Å². The Morgan fingerprint density at radius 1 is 1.40 bits per heavy atom. The molecule has 1 aromatic carbocycles. The molecule has 8 nitrogen and oxygen atoms in total. The zero-order valence-corrected chi connectivity index (χ0v) is 11.3. The number of amides is 1. The predicted molar refractivity (Wildman–Crippen MR) is 68.3 cm³/mol. The predicted octanol–water partition coefficient (Wildman–Crippen LogP) is -0.234. The number of nitrogens with one attached hydrogen (secondary N) is 1. The molecule has 9 heteroatoms. The van der Waals surface area contributed by atoms with Gasteiger partial charge in [0, 0.05) is 5.56 Å². The fourth-order valence-electron chi connectivity index (χ4n) is 1.39. The van der Waals surface area contributed by atoms with Gasteiger partial charge >= 0.3 is 5.97 Å². The number of hydrogen-bond donors (Lipinski definition) is 3. The summed E-state index contributed by atoms with van der Waals surface area (Å²) in [5, 5.41) is 10.8. The van der Waals surface area contributed by atoms with Crippen molar-refractivity contribution in [3.05, 3.63) is 29.8 Å². The van der Waals surface area contributed by atoms with Gasteiger partial charge in [0.05, 0.1) is 7.11 Å². The van der Waals surface area contributed by atoms with Crippen LogP contribution in [0.5, 0.6) is 5.75 Å². The highest BCUT2D eigenvalue weighted by Crippen LogP contribution is 2.12. The number of ether oxygens (including phenoxy) is 1. The maximum absolute atomic E-state index is 11.8. The molecule has 1 atom stereocenters. The summed E-state index contributed by atoms with van der Waals surface area (Å²) in [5.74, 6) is -3.09. The van der Waals surface area contributed by atoms with E-state index < -0.39 is 33.8 Å². The summed E-state index contributed by atoms with van der Waals surface area (Å²) in [5.41, 5.74) is 0.103. The Balaban J connectivity index is 2.88. The molecule has 0 aromatic heterocycles. The van der Waals surface area contributed by atoms with Crippen LogP contribution in [0.3, 0.4) is 0 Å². The van der Waals surface area contributed by atoms with Gasteiger partial charge in [0.15, 0.2) is 0 Å². The van der Waals surface area contributed by atoms with Crippen LogP contribution in [0, 0.1) is 0 Å². The van der Waals surface area contributed by atoms with Crippen molar-refractivity contribution in [3.8, 4) is 5.75 Å². The number of rotatable bonds is 6. The number of carbonyl (C=O) groups excluding carboxylic acids is 1. The first-order valence-electron chi connectivity index (χ1n) is 5.36. The Labute approximate surface area is 115 Å². The first kappa shape index (κ1) is 15.9. The quantitative estimate of drug-likeness (QED) is 0.618. The van der Waals surface area contributed by atoms with Gasteiger partial charge in [0.25, 0.3) is 16.0 Å². The van der Waals surface area contributed by atoms with Crippen LogP contribution in [0.2, 0.25) is 0 Å². The van der Waals surface area contributed by atoms with Crippen LogP contribution in [0.25, 0.3) is 0 Å². The number of carboxylic acid groups (broad SMARTS) is 1. The van der Waals surface area contributed by atoms with Crippen molar-refractivity contribution in [2.75, 3.05) is 12.9 Å². The highest BCUT2D eigenvalue weighted by Gasteiger charge is 2.26. The van der Waals surface area contributed by atoms with Gasteiger partial charge in [-0.25, -0.2) is 4.79 Å². The van der Waals surface area contributed by atoms with E-state index in [1.54, 1.807) is 6.07 Å². The molecule has 0 aliphatic rings. The van der Waals surface area contributed by atoms with E-state index in [2.05, 4.69) is 0 Å². The summed E-state index contributed by atoms with van der Waals surface area (Å²) >= 11 is 0. The van der Waals surface area contributed by atoms with E-state index in [1.165, 1.54) is 25.3 Å². The molecular formula is C11H13NO7S. The Morgan fingerprint density at radius 2 is 2.05 bits per heavy atom. The lowest BCUT2D eigenvalue weighted by atomic mass is 10.2. The van der Waals surface area contributed by atoms with E-state index in [0.717, 1.165) is 0 Å². The molecule has 0 radical (unpaired) electrons. The van der Waals surface area contributed by atoms with Crippen LogP contribution in [-0.2, 0) is 14.9 Å². The molecule has 3 N–H and O–H groups in total. The van der Waals surface area contributed by atoms with Crippen molar-refractivity contribution < 1.29 is 32.4 Å². The maximum atomic E-state index is 11.8. The molecule has 0 unspecified atom stereocenters. The lowest BCUT2D eigenvalue weighted by Gasteiger charge is -2.13. The molecule has 0 spiro atoms. The standard InChI is InChI=1S/C11H13NO7S/c1-19-8-4-2-3-7(5-8)10(13)12-9(11(14)15)6-20(16,17)18/h2-5,9H,6H2,1H3,(H,12,13)(H,14,15)(H,16,17,18)/t9-/m0/s1. The molecule has 0 heterocycles. The number of hydrogen-bond acceptors (Lipinski definition) is 5. The van der Waals surface area contributed by atoms with Crippen LogP contribution >= 0.6 is 0 Å². The summed E-state index contributed by atoms with van der Waals surface area (Å²) in [6.45, 7) is 0. The zero-order valence-electron chi connectivity index (χ0n) is 10.4. The number of benzene rings is 1. The third-order valence-electron chi connectivity index (χ3n) is 2.31. The molecule has 1 aromatic rings. The Morgan fingerprint density at radius 3 is 2.55 bits per heavy atom. The van der Waals surface area contributed by atoms with E-state index in [4.69, 9.17) is 14.4 Å². The molecule has 0 fully saturated rings. The molecule has 20 heavy (non-hydrogen) atoms. The van der Waals surface area contributed by atoms with E-state index in [1.807, 2.05) is 5.32 Å². The third-order valence-corrected chi connectivity index (χ3v) is 3.07. The van der Waals surface area contributed by atoms with Gasteiger partial charge in [-0.15, -0.1) is 0 Å². The highest BCUT2D eigenvalue weighted by molar-refractivity contribution is 7.85. The van der Waals surface area contributed by atoms with E-state index in [9.17, 15) is 18.0 Å². The molecule has 0 saturated carbocycles. The van der Waals surface area contributed by atoms with Gasteiger partial charge in [-0.2, -0.15) is 8.42 Å². The molecule has 0 aliphatic heterocycles. The largest absolute Gasteiger partial charge is 0.497 e. The van der Waals surface area contributed by atoms with Crippen LogP contribution in [-0.4, -0.2) is 48.9 Å².